The third-order valence-electron chi connectivity index (χ3n) is 4.24. The Kier molecular flexibility index (Phi) is 3.39. The lowest BCUT2D eigenvalue weighted by molar-refractivity contribution is 0.655. The Labute approximate surface area is 135 Å². The standard InChI is InChI=1S/C20H17N3/c1-15(23-14-22-19-9-5-6-10-20(19)23)17-11-12-18(21-13-17)16-7-3-2-4-8-16/h2-15H,1H3. The predicted molar refractivity (Wildman–Crippen MR) is 93.2 cm³/mol. The lowest BCUT2D eigenvalue weighted by atomic mass is 10.1. The van der Waals surface area contributed by atoms with Crippen LogP contribution in [0.5, 0.6) is 0 Å². The summed E-state index contributed by atoms with van der Waals surface area (Å²) in [5.74, 6) is 0. The van der Waals surface area contributed by atoms with Gasteiger partial charge in [0.1, 0.15) is 0 Å². The lowest BCUT2D eigenvalue weighted by Crippen LogP contribution is -2.05. The summed E-state index contributed by atoms with van der Waals surface area (Å²) in [5, 5.41) is 0. The van der Waals surface area contributed by atoms with Crippen molar-refractivity contribution in [3.05, 3.63) is 84.8 Å². The number of imidazole rings is 1. The molecule has 0 aliphatic heterocycles. The van der Waals surface area contributed by atoms with Crippen molar-refractivity contribution in [2.45, 2.75) is 13.0 Å². The zero-order valence-electron chi connectivity index (χ0n) is 12.9. The fourth-order valence-electron chi connectivity index (χ4n) is 2.88. The van der Waals surface area contributed by atoms with Gasteiger partial charge >= 0.3 is 0 Å². The van der Waals surface area contributed by atoms with Crippen LogP contribution in [0.3, 0.4) is 0 Å². The third-order valence-corrected chi connectivity index (χ3v) is 4.24. The first kappa shape index (κ1) is 13.7. The number of pyridine rings is 1. The van der Waals surface area contributed by atoms with E-state index in [9.17, 15) is 0 Å². The first-order valence-corrected chi connectivity index (χ1v) is 7.76. The van der Waals surface area contributed by atoms with Crippen LogP contribution in [0.15, 0.2) is 79.3 Å². The van der Waals surface area contributed by atoms with Crippen LogP contribution in [0, 0.1) is 0 Å². The van der Waals surface area contributed by atoms with Crippen LogP contribution in [0.1, 0.15) is 18.5 Å². The molecule has 1 unspecified atom stereocenters. The summed E-state index contributed by atoms with van der Waals surface area (Å²) in [4.78, 5) is 9.10. The van der Waals surface area contributed by atoms with E-state index in [2.05, 4.69) is 51.8 Å². The van der Waals surface area contributed by atoms with Crippen LogP contribution >= 0.6 is 0 Å². The van der Waals surface area contributed by atoms with Crippen LogP contribution in [0.2, 0.25) is 0 Å². The fraction of sp³-hybridized carbons (Fsp3) is 0.100. The van der Waals surface area contributed by atoms with Crippen molar-refractivity contribution < 1.29 is 0 Å². The monoisotopic (exact) mass is 299 g/mol. The molecule has 3 heteroatoms. The highest BCUT2D eigenvalue weighted by Crippen LogP contribution is 2.24. The smallest absolute Gasteiger partial charge is 0.0964 e. The van der Waals surface area contributed by atoms with Gasteiger partial charge in [-0.3, -0.25) is 4.98 Å². The van der Waals surface area contributed by atoms with Crippen LogP contribution in [0.4, 0.5) is 0 Å². The molecule has 0 fully saturated rings. The molecule has 2 aromatic carbocycles. The Morgan fingerprint density at radius 3 is 2.39 bits per heavy atom. The molecule has 0 bridgehead atoms. The molecule has 0 radical (unpaired) electrons. The number of fused-ring (bicyclic) bond motifs is 1. The van der Waals surface area contributed by atoms with Crippen molar-refractivity contribution in [3.8, 4) is 11.3 Å². The van der Waals surface area contributed by atoms with Crippen molar-refractivity contribution in [3.63, 3.8) is 0 Å². The van der Waals surface area contributed by atoms with Gasteiger partial charge in [-0.15, -0.1) is 0 Å². The minimum atomic E-state index is 0.194. The SMILES string of the molecule is CC(c1ccc(-c2ccccc2)nc1)n1cnc2ccccc21. The highest BCUT2D eigenvalue weighted by Gasteiger charge is 2.11. The van der Waals surface area contributed by atoms with Gasteiger partial charge in [0.25, 0.3) is 0 Å². The van der Waals surface area contributed by atoms with Gasteiger partial charge in [0, 0.05) is 11.8 Å². The number of hydrogen-bond acceptors (Lipinski definition) is 2. The molecule has 23 heavy (non-hydrogen) atoms. The summed E-state index contributed by atoms with van der Waals surface area (Å²) in [6.07, 6.45) is 3.86. The molecule has 0 aliphatic carbocycles. The van der Waals surface area contributed by atoms with E-state index in [1.165, 1.54) is 5.56 Å². The van der Waals surface area contributed by atoms with E-state index in [0.29, 0.717) is 0 Å². The van der Waals surface area contributed by atoms with Gasteiger partial charge in [-0.25, -0.2) is 4.98 Å². The quantitative estimate of drug-likeness (QED) is 0.548. The van der Waals surface area contributed by atoms with E-state index in [4.69, 9.17) is 0 Å². The van der Waals surface area contributed by atoms with E-state index in [1.54, 1.807) is 0 Å². The molecule has 2 heterocycles. The normalized spacial score (nSPS) is 12.4. The van der Waals surface area contributed by atoms with Crippen LogP contribution in [0.25, 0.3) is 22.3 Å². The molecule has 3 nitrogen and oxygen atoms in total. The topological polar surface area (TPSA) is 30.7 Å². The molecule has 4 rings (SSSR count). The molecule has 112 valence electrons. The van der Waals surface area contributed by atoms with Gasteiger partial charge in [-0.1, -0.05) is 48.5 Å². The molecule has 2 aromatic heterocycles. The average molecular weight is 299 g/mol. The lowest BCUT2D eigenvalue weighted by Gasteiger charge is -2.15. The van der Waals surface area contributed by atoms with Crippen molar-refractivity contribution in [1.82, 2.24) is 14.5 Å². The van der Waals surface area contributed by atoms with Gasteiger partial charge in [0.2, 0.25) is 0 Å². The summed E-state index contributed by atoms with van der Waals surface area (Å²) in [6, 6.07) is 22.9. The summed E-state index contributed by atoms with van der Waals surface area (Å²) >= 11 is 0. The molecule has 0 saturated heterocycles. The Balaban J connectivity index is 1.68. The third kappa shape index (κ3) is 2.50. The second kappa shape index (κ2) is 5.69. The molecule has 0 N–H and O–H groups in total. The van der Waals surface area contributed by atoms with Crippen LogP contribution in [-0.4, -0.2) is 14.5 Å². The second-order valence-electron chi connectivity index (χ2n) is 5.66. The predicted octanol–water partition coefficient (Wildman–Crippen LogP) is 4.71. The molecule has 0 spiro atoms. The highest BCUT2D eigenvalue weighted by atomic mass is 15.1. The Hall–Kier alpha value is -2.94. The van der Waals surface area contributed by atoms with E-state index in [-0.39, 0.29) is 6.04 Å². The molecule has 4 aromatic rings. The summed E-state index contributed by atoms with van der Waals surface area (Å²) in [5.41, 5.74) is 5.48. The number of benzene rings is 2. The van der Waals surface area contributed by atoms with Gasteiger partial charge in [-0.05, 0) is 30.7 Å². The van der Waals surface area contributed by atoms with Gasteiger partial charge < -0.3 is 4.57 Å². The Morgan fingerprint density at radius 2 is 1.61 bits per heavy atom. The maximum absolute atomic E-state index is 4.63. The minimum Gasteiger partial charge on any atom is -0.323 e. The maximum Gasteiger partial charge on any atom is 0.0964 e. The number of hydrogen-bond donors (Lipinski definition) is 0. The van der Waals surface area contributed by atoms with Gasteiger partial charge in [0.05, 0.1) is 29.1 Å². The summed E-state index contributed by atoms with van der Waals surface area (Å²) in [6.45, 7) is 2.17. The zero-order chi connectivity index (χ0) is 15.6. The number of rotatable bonds is 3. The van der Waals surface area contributed by atoms with E-state index in [0.717, 1.165) is 22.3 Å². The van der Waals surface area contributed by atoms with Gasteiger partial charge in [0.15, 0.2) is 0 Å². The minimum absolute atomic E-state index is 0.194. The second-order valence-corrected chi connectivity index (χ2v) is 5.66. The first-order chi connectivity index (χ1) is 11.3. The van der Waals surface area contributed by atoms with E-state index >= 15 is 0 Å². The molecular formula is C20H17N3. The number of aromatic nitrogens is 3. The number of nitrogens with zero attached hydrogens (tertiary/aromatic N) is 3. The zero-order valence-corrected chi connectivity index (χ0v) is 12.9. The van der Waals surface area contributed by atoms with Gasteiger partial charge in [-0.2, -0.15) is 0 Å². The van der Waals surface area contributed by atoms with E-state index in [1.807, 2.05) is 48.9 Å². The Morgan fingerprint density at radius 1 is 0.826 bits per heavy atom. The summed E-state index contributed by atoms with van der Waals surface area (Å²) in [7, 11) is 0. The largest absolute Gasteiger partial charge is 0.323 e. The summed E-state index contributed by atoms with van der Waals surface area (Å²) < 4.78 is 2.19. The van der Waals surface area contributed by atoms with E-state index < -0.39 is 0 Å². The van der Waals surface area contributed by atoms with Crippen LogP contribution in [-0.2, 0) is 0 Å². The molecule has 0 amide bonds. The molecular weight excluding hydrogens is 282 g/mol. The number of para-hydroxylation sites is 2. The molecule has 0 aliphatic rings. The Bertz CT molecular complexity index is 924. The van der Waals surface area contributed by atoms with Crippen LogP contribution < -0.4 is 0 Å². The van der Waals surface area contributed by atoms with Crippen molar-refractivity contribution >= 4 is 11.0 Å². The first-order valence-electron chi connectivity index (χ1n) is 7.76. The fourth-order valence-corrected chi connectivity index (χ4v) is 2.88. The highest BCUT2D eigenvalue weighted by molar-refractivity contribution is 5.75. The molecule has 0 saturated carbocycles. The molecule has 1 atom stereocenters. The van der Waals surface area contributed by atoms with Crippen molar-refractivity contribution in [2.75, 3.05) is 0 Å². The average Bonchev–Trinajstić information content (AvgIpc) is 3.06. The maximum atomic E-state index is 4.63. The van der Waals surface area contributed by atoms with Crippen molar-refractivity contribution in [1.29, 1.82) is 0 Å². The van der Waals surface area contributed by atoms with Crippen molar-refractivity contribution in [2.24, 2.45) is 0 Å².